The first-order valence-electron chi connectivity index (χ1n) is 7.82. The van der Waals surface area contributed by atoms with Gasteiger partial charge in [-0.15, -0.1) is 11.3 Å². The molecule has 3 unspecified atom stereocenters. The van der Waals surface area contributed by atoms with E-state index in [0.717, 1.165) is 12.5 Å². The zero-order valence-corrected chi connectivity index (χ0v) is 14.5. The van der Waals surface area contributed by atoms with Crippen LogP contribution in [0.3, 0.4) is 0 Å². The molecular formula is C17H30N2S. The van der Waals surface area contributed by atoms with Crippen molar-refractivity contribution in [2.75, 3.05) is 20.6 Å². The first kappa shape index (κ1) is 16.0. The SMILES string of the molecule is CC1CC(C)(C)CCC1NCC(c1cccs1)N(C)C. The topological polar surface area (TPSA) is 15.3 Å². The molecule has 20 heavy (non-hydrogen) atoms. The van der Waals surface area contributed by atoms with Gasteiger partial charge in [0.05, 0.1) is 6.04 Å². The fraction of sp³-hybridized carbons (Fsp3) is 0.765. The number of thiophene rings is 1. The summed E-state index contributed by atoms with van der Waals surface area (Å²) in [6.45, 7) is 8.29. The van der Waals surface area contributed by atoms with Gasteiger partial charge in [0.1, 0.15) is 0 Å². The molecule has 1 saturated carbocycles. The van der Waals surface area contributed by atoms with Gasteiger partial charge in [0.25, 0.3) is 0 Å². The second kappa shape index (κ2) is 6.59. The van der Waals surface area contributed by atoms with E-state index in [1.54, 1.807) is 0 Å². The zero-order valence-electron chi connectivity index (χ0n) is 13.6. The van der Waals surface area contributed by atoms with Crippen LogP contribution < -0.4 is 5.32 Å². The number of nitrogens with zero attached hydrogens (tertiary/aromatic N) is 1. The van der Waals surface area contributed by atoms with E-state index in [9.17, 15) is 0 Å². The average Bonchev–Trinajstić information content (AvgIpc) is 2.84. The van der Waals surface area contributed by atoms with Crippen LogP contribution >= 0.6 is 11.3 Å². The number of hydrogen-bond acceptors (Lipinski definition) is 3. The molecule has 1 fully saturated rings. The smallest absolute Gasteiger partial charge is 0.0561 e. The predicted octanol–water partition coefficient (Wildman–Crippen LogP) is 4.16. The molecule has 1 heterocycles. The quantitative estimate of drug-likeness (QED) is 0.877. The Morgan fingerprint density at radius 1 is 1.45 bits per heavy atom. The van der Waals surface area contributed by atoms with Gasteiger partial charge in [-0.1, -0.05) is 26.8 Å². The van der Waals surface area contributed by atoms with E-state index in [4.69, 9.17) is 0 Å². The van der Waals surface area contributed by atoms with Crippen LogP contribution in [0, 0.1) is 11.3 Å². The summed E-state index contributed by atoms with van der Waals surface area (Å²) < 4.78 is 0. The zero-order chi connectivity index (χ0) is 14.8. The van der Waals surface area contributed by atoms with Crippen molar-refractivity contribution < 1.29 is 0 Å². The molecule has 0 spiro atoms. The Morgan fingerprint density at radius 3 is 2.75 bits per heavy atom. The monoisotopic (exact) mass is 294 g/mol. The van der Waals surface area contributed by atoms with E-state index < -0.39 is 0 Å². The van der Waals surface area contributed by atoms with Gasteiger partial charge in [0.2, 0.25) is 0 Å². The first-order chi connectivity index (χ1) is 9.39. The van der Waals surface area contributed by atoms with Gasteiger partial charge in [-0.3, -0.25) is 0 Å². The van der Waals surface area contributed by atoms with Gasteiger partial charge < -0.3 is 10.2 Å². The second-order valence-electron chi connectivity index (χ2n) is 7.39. The molecular weight excluding hydrogens is 264 g/mol. The molecule has 1 aromatic heterocycles. The Kier molecular flexibility index (Phi) is 5.27. The highest BCUT2D eigenvalue weighted by Gasteiger charge is 2.32. The highest BCUT2D eigenvalue weighted by atomic mass is 32.1. The Morgan fingerprint density at radius 2 is 2.20 bits per heavy atom. The van der Waals surface area contributed by atoms with Crippen LogP contribution in [0.2, 0.25) is 0 Å². The highest BCUT2D eigenvalue weighted by Crippen LogP contribution is 2.38. The minimum absolute atomic E-state index is 0.497. The van der Waals surface area contributed by atoms with Gasteiger partial charge in [0.15, 0.2) is 0 Å². The second-order valence-corrected chi connectivity index (χ2v) is 8.37. The summed E-state index contributed by atoms with van der Waals surface area (Å²) in [6, 6.07) is 5.59. The molecule has 0 aromatic carbocycles. The highest BCUT2D eigenvalue weighted by molar-refractivity contribution is 7.10. The average molecular weight is 295 g/mol. The molecule has 0 aliphatic heterocycles. The lowest BCUT2D eigenvalue weighted by Gasteiger charge is -2.40. The fourth-order valence-electron chi connectivity index (χ4n) is 3.53. The molecule has 3 atom stereocenters. The lowest BCUT2D eigenvalue weighted by Crippen LogP contribution is -2.44. The van der Waals surface area contributed by atoms with E-state index in [-0.39, 0.29) is 0 Å². The molecule has 0 saturated heterocycles. The van der Waals surface area contributed by atoms with Gasteiger partial charge >= 0.3 is 0 Å². The lowest BCUT2D eigenvalue weighted by atomic mass is 9.70. The lowest BCUT2D eigenvalue weighted by molar-refractivity contribution is 0.142. The molecule has 1 aromatic rings. The van der Waals surface area contributed by atoms with E-state index in [1.165, 1.54) is 24.1 Å². The van der Waals surface area contributed by atoms with Gasteiger partial charge in [-0.05, 0) is 56.1 Å². The molecule has 1 N–H and O–H groups in total. The molecule has 1 aliphatic carbocycles. The fourth-order valence-corrected chi connectivity index (χ4v) is 4.45. The summed E-state index contributed by atoms with van der Waals surface area (Å²) in [4.78, 5) is 3.79. The maximum absolute atomic E-state index is 3.84. The van der Waals surface area contributed by atoms with Gasteiger partial charge in [0, 0.05) is 17.5 Å². The molecule has 2 rings (SSSR count). The van der Waals surface area contributed by atoms with E-state index in [0.29, 0.717) is 17.5 Å². The van der Waals surface area contributed by atoms with Crippen LogP contribution in [0.15, 0.2) is 17.5 Å². The van der Waals surface area contributed by atoms with Crippen LogP contribution in [0.5, 0.6) is 0 Å². The minimum Gasteiger partial charge on any atom is -0.312 e. The molecule has 0 amide bonds. The molecule has 114 valence electrons. The van der Waals surface area contributed by atoms with Crippen LogP contribution in [-0.2, 0) is 0 Å². The van der Waals surface area contributed by atoms with Crippen LogP contribution in [0.25, 0.3) is 0 Å². The van der Waals surface area contributed by atoms with Crippen LogP contribution in [0.4, 0.5) is 0 Å². The van der Waals surface area contributed by atoms with Crippen molar-refractivity contribution in [2.24, 2.45) is 11.3 Å². The molecule has 0 bridgehead atoms. The Bertz CT molecular complexity index is 397. The van der Waals surface area contributed by atoms with Gasteiger partial charge in [-0.25, -0.2) is 0 Å². The predicted molar refractivity (Wildman–Crippen MR) is 89.3 cm³/mol. The summed E-state index contributed by atoms with van der Waals surface area (Å²) in [5, 5.41) is 6.02. The third-order valence-corrected chi connectivity index (χ3v) is 5.74. The Balaban J connectivity index is 1.90. The third kappa shape index (κ3) is 4.06. The third-order valence-electron chi connectivity index (χ3n) is 4.76. The molecule has 3 heteroatoms. The van der Waals surface area contributed by atoms with Crippen LogP contribution in [0.1, 0.15) is 51.0 Å². The van der Waals surface area contributed by atoms with E-state index >= 15 is 0 Å². The van der Waals surface area contributed by atoms with Crippen molar-refractivity contribution in [1.29, 1.82) is 0 Å². The summed E-state index contributed by atoms with van der Waals surface area (Å²) in [7, 11) is 4.36. The standard InChI is InChI=1S/C17H30N2S/c1-13-11-17(2,3)9-8-14(13)18-12-15(19(4)5)16-7-6-10-20-16/h6-7,10,13-15,18H,8-9,11-12H2,1-5H3. The maximum atomic E-state index is 3.84. The first-order valence-corrected chi connectivity index (χ1v) is 8.70. The summed E-state index contributed by atoms with van der Waals surface area (Å²) in [5.74, 6) is 0.782. The van der Waals surface area contributed by atoms with Crippen molar-refractivity contribution in [2.45, 2.75) is 52.1 Å². The normalized spacial score (nSPS) is 27.7. The maximum Gasteiger partial charge on any atom is 0.0561 e. The van der Waals surface area contributed by atoms with E-state index in [2.05, 4.69) is 62.6 Å². The molecule has 0 radical (unpaired) electrons. The largest absolute Gasteiger partial charge is 0.312 e. The summed E-state index contributed by atoms with van der Waals surface area (Å²) >= 11 is 1.86. The van der Waals surface area contributed by atoms with E-state index in [1.807, 2.05) is 11.3 Å². The summed E-state index contributed by atoms with van der Waals surface area (Å²) in [6.07, 6.45) is 4.01. The number of nitrogens with one attached hydrogen (secondary N) is 1. The van der Waals surface area contributed by atoms with Crippen molar-refractivity contribution in [1.82, 2.24) is 10.2 Å². The number of hydrogen-bond donors (Lipinski definition) is 1. The van der Waals surface area contributed by atoms with Gasteiger partial charge in [-0.2, -0.15) is 0 Å². The number of likely N-dealkylation sites (N-methyl/N-ethyl adjacent to an activating group) is 1. The number of rotatable bonds is 5. The Labute approximate surface area is 128 Å². The van der Waals surface area contributed by atoms with Crippen molar-refractivity contribution in [3.63, 3.8) is 0 Å². The minimum atomic E-state index is 0.497. The van der Waals surface area contributed by atoms with Crippen molar-refractivity contribution in [3.05, 3.63) is 22.4 Å². The molecule has 1 aliphatic rings. The molecule has 2 nitrogen and oxygen atoms in total. The van der Waals surface area contributed by atoms with Crippen molar-refractivity contribution in [3.8, 4) is 0 Å². The van der Waals surface area contributed by atoms with Crippen molar-refractivity contribution >= 4 is 11.3 Å². The van der Waals surface area contributed by atoms with Crippen LogP contribution in [-0.4, -0.2) is 31.6 Å². The Hall–Kier alpha value is -0.380. The summed E-state index contributed by atoms with van der Waals surface area (Å²) in [5.41, 5.74) is 0.534.